The fourth-order valence-electron chi connectivity index (χ4n) is 1.05. The fraction of sp³-hybridized carbons (Fsp3) is 0.300. The van der Waals surface area contributed by atoms with Gasteiger partial charge in [-0.1, -0.05) is 0 Å². The van der Waals surface area contributed by atoms with E-state index in [0.717, 1.165) is 0 Å². The zero-order chi connectivity index (χ0) is 10.7. The van der Waals surface area contributed by atoms with Crippen molar-refractivity contribution in [3.8, 4) is 11.5 Å². The number of hydrogen-bond donors (Lipinski definition) is 3. The van der Waals surface area contributed by atoms with Crippen LogP contribution in [-0.2, 0) is 0 Å². The van der Waals surface area contributed by atoms with Gasteiger partial charge in [0.25, 0.3) is 5.91 Å². The Morgan fingerprint density at radius 1 is 1.36 bits per heavy atom. The maximum absolute atomic E-state index is 11.4. The lowest BCUT2D eigenvalue weighted by Gasteiger charge is -2.09. The predicted octanol–water partition coefficient (Wildman–Crippen LogP) is 1.24. The molecule has 14 heavy (non-hydrogen) atoms. The lowest BCUT2D eigenvalue weighted by atomic mass is 10.1. The minimum Gasteiger partial charge on any atom is -0.508 e. The third-order valence-corrected chi connectivity index (χ3v) is 1.64. The van der Waals surface area contributed by atoms with Gasteiger partial charge in [-0.2, -0.15) is 0 Å². The molecule has 1 aromatic rings. The summed E-state index contributed by atoms with van der Waals surface area (Å²) in [7, 11) is 0. The van der Waals surface area contributed by atoms with Crippen LogP contribution in [-0.4, -0.2) is 22.2 Å². The maximum atomic E-state index is 11.4. The first-order valence-corrected chi connectivity index (χ1v) is 4.33. The highest BCUT2D eigenvalue weighted by atomic mass is 16.3. The molecular formula is C10H13NO3. The van der Waals surface area contributed by atoms with Gasteiger partial charge >= 0.3 is 0 Å². The van der Waals surface area contributed by atoms with Crippen LogP contribution in [0.25, 0.3) is 0 Å². The Morgan fingerprint density at radius 2 is 2.00 bits per heavy atom. The van der Waals surface area contributed by atoms with E-state index in [-0.39, 0.29) is 23.1 Å². The molecule has 0 spiro atoms. The smallest absolute Gasteiger partial charge is 0.255 e. The van der Waals surface area contributed by atoms with Crippen LogP contribution < -0.4 is 5.32 Å². The van der Waals surface area contributed by atoms with Crippen LogP contribution in [0.2, 0.25) is 0 Å². The molecule has 0 aliphatic rings. The largest absolute Gasteiger partial charge is 0.508 e. The molecule has 0 radical (unpaired) electrons. The molecule has 1 aromatic carbocycles. The molecule has 0 unspecified atom stereocenters. The lowest BCUT2D eigenvalue weighted by molar-refractivity contribution is 0.0940. The highest BCUT2D eigenvalue weighted by Crippen LogP contribution is 2.21. The summed E-state index contributed by atoms with van der Waals surface area (Å²) in [6, 6.07) is 3.82. The van der Waals surface area contributed by atoms with E-state index in [2.05, 4.69) is 5.32 Å². The second kappa shape index (κ2) is 4.00. The number of phenols is 2. The summed E-state index contributed by atoms with van der Waals surface area (Å²) < 4.78 is 0. The SMILES string of the molecule is CC(C)NC(=O)c1cc(O)ccc1O. The molecule has 0 aliphatic carbocycles. The van der Waals surface area contributed by atoms with Crippen molar-refractivity contribution < 1.29 is 15.0 Å². The van der Waals surface area contributed by atoms with Crippen molar-refractivity contribution in [3.63, 3.8) is 0 Å². The molecule has 4 heteroatoms. The number of aromatic hydroxyl groups is 2. The quantitative estimate of drug-likeness (QED) is 0.622. The predicted molar refractivity (Wildman–Crippen MR) is 52.4 cm³/mol. The van der Waals surface area contributed by atoms with Gasteiger partial charge in [-0.15, -0.1) is 0 Å². The highest BCUT2D eigenvalue weighted by molar-refractivity contribution is 5.97. The first-order valence-electron chi connectivity index (χ1n) is 4.33. The number of rotatable bonds is 2. The normalized spacial score (nSPS) is 10.2. The number of amides is 1. The number of carbonyl (C=O) groups is 1. The number of phenolic OH excluding ortho intramolecular Hbond substituents is 2. The summed E-state index contributed by atoms with van der Waals surface area (Å²) in [5.74, 6) is -0.578. The molecule has 0 fully saturated rings. The van der Waals surface area contributed by atoms with Crippen LogP contribution in [0.3, 0.4) is 0 Å². The van der Waals surface area contributed by atoms with Crippen molar-refractivity contribution >= 4 is 5.91 Å². The van der Waals surface area contributed by atoms with Crippen molar-refractivity contribution in [1.82, 2.24) is 5.32 Å². The van der Waals surface area contributed by atoms with Gasteiger partial charge < -0.3 is 15.5 Å². The highest BCUT2D eigenvalue weighted by Gasteiger charge is 2.12. The number of nitrogens with one attached hydrogen (secondary N) is 1. The molecule has 0 atom stereocenters. The van der Waals surface area contributed by atoms with Gasteiger partial charge in [0.15, 0.2) is 0 Å². The molecule has 4 nitrogen and oxygen atoms in total. The second-order valence-corrected chi connectivity index (χ2v) is 3.33. The van der Waals surface area contributed by atoms with Crippen LogP contribution in [0, 0.1) is 0 Å². The van der Waals surface area contributed by atoms with E-state index in [0.29, 0.717) is 0 Å². The van der Waals surface area contributed by atoms with E-state index in [1.165, 1.54) is 18.2 Å². The van der Waals surface area contributed by atoms with Gasteiger partial charge in [0.2, 0.25) is 0 Å². The molecule has 0 heterocycles. The van der Waals surface area contributed by atoms with E-state index >= 15 is 0 Å². The summed E-state index contributed by atoms with van der Waals surface area (Å²) in [5, 5.41) is 21.1. The number of hydrogen-bond acceptors (Lipinski definition) is 3. The van der Waals surface area contributed by atoms with Gasteiger partial charge in [-0.25, -0.2) is 0 Å². The zero-order valence-corrected chi connectivity index (χ0v) is 8.11. The van der Waals surface area contributed by atoms with E-state index < -0.39 is 5.91 Å². The molecule has 1 amide bonds. The Kier molecular flexibility index (Phi) is 2.96. The average molecular weight is 195 g/mol. The maximum Gasteiger partial charge on any atom is 0.255 e. The standard InChI is InChI=1S/C10H13NO3/c1-6(2)11-10(14)8-5-7(12)3-4-9(8)13/h3-6,12-13H,1-2H3,(H,11,14). The van der Waals surface area contributed by atoms with Gasteiger partial charge in [0, 0.05) is 6.04 Å². The van der Waals surface area contributed by atoms with Crippen LogP contribution in [0.5, 0.6) is 11.5 Å². The average Bonchev–Trinajstić information content (AvgIpc) is 2.08. The van der Waals surface area contributed by atoms with Crippen molar-refractivity contribution in [3.05, 3.63) is 23.8 Å². The van der Waals surface area contributed by atoms with Crippen LogP contribution in [0.4, 0.5) is 0 Å². The van der Waals surface area contributed by atoms with Crippen LogP contribution >= 0.6 is 0 Å². The summed E-state index contributed by atoms with van der Waals surface area (Å²) in [4.78, 5) is 11.4. The van der Waals surface area contributed by atoms with E-state index in [4.69, 9.17) is 5.11 Å². The number of benzene rings is 1. The molecule has 3 N–H and O–H groups in total. The third-order valence-electron chi connectivity index (χ3n) is 1.64. The first-order chi connectivity index (χ1) is 6.50. The van der Waals surface area contributed by atoms with Crippen LogP contribution in [0.1, 0.15) is 24.2 Å². The van der Waals surface area contributed by atoms with Crippen LogP contribution in [0.15, 0.2) is 18.2 Å². The summed E-state index contributed by atoms with van der Waals surface area (Å²) in [5.41, 5.74) is 0.0821. The molecule has 0 aliphatic heterocycles. The monoisotopic (exact) mass is 195 g/mol. The van der Waals surface area contributed by atoms with Gasteiger partial charge in [-0.3, -0.25) is 4.79 Å². The molecule has 0 saturated carbocycles. The zero-order valence-electron chi connectivity index (χ0n) is 8.11. The van der Waals surface area contributed by atoms with E-state index in [9.17, 15) is 9.90 Å². The van der Waals surface area contributed by atoms with E-state index in [1.807, 2.05) is 13.8 Å². The molecule has 0 saturated heterocycles. The third kappa shape index (κ3) is 2.39. The van der Waals surface area contributed by atoms with Crippen molar-refractivity contribution in [2.45, 2.75) is 19.9 Å². The topological polar surface area (TPSA) is 69.6 Å². The molecule has 0 aromatic heterocycles. The molecule has 0 bridgehead atoms. The van der Waals surface area contributed by atoms with Gasteiger partial charge in [-0.05, 0) is 32.0 Å². The second-order valence-electron chi connectivity index (χ2n) is 3.33. The van der Waals surface area contributed by atoms with Crippen molar-refractivity contribution in [2.24, 2.45) is 0 Å². The summed E-state index contributed by atoms with van der Waals surface area (Å²) >= 11 is 0. The first kappa shape index (κ1) is 10.4. The van der Waals surface area contributed by atoms with Crippen molar-refractivity contribution in [1.29, 1.82) is 0 Å². The lowest BCUT2D eigenvalue weighted by Crippen LogP contribution is -2.30. The summed E-state index contributed by atoms with van der Waals surface area (Å²) in [6.07, 6.45) is 0. The van der Waals surface area contributed by atoms with Gasteiger partial charge in [0.05, 0.1) is 5.56 Å². The number of carbonyl (C=O) groups excluding carboxylic acids is 1. The Balaban J connectivity index is 2.94. The minimum atomic E-state index is -0.395. The van der Waals surface area contributed by atoms with Crippen molar-refractivity contribution in [2.75, 3.05) is 0 Å². The Bertz CT molecular complexity index is 347. The Labute approximate surface area is 82.2 Å². The summed E-state index contributed by atoms with van der Waals surface area (Å²) in [6.45, 7) is 3.63. The molecular weight excluding hydrogens is 182 g/mol. The Morgan fingerprint density at radius 3 is 2.57 bits per heavy atom. The van der Waals surface area contributed by atoms with Gasteiger partial charge in [0.1, 0.15) is 11.5 Å². The fourth-order valence-corrected chi connectivity index (χ4v) is 1.05. The minimum absolute atomic E-state index is 0.00995. The molecule has 1 rings (SSSR count). The molecule has 76 valence electrons. The van der Waals surface area contributed by atoms with E-state index in [1.54, 1.807) is 0 Å². The Hall–Kier alpha value is -1.71.